The molecule has 2 heterocycles. The minimum Gasteiger partial charge on any atom is -0.507 e. The minimum absolute atomic E-state index is 0.101. The molecule has 2 aliphatic heterocycles. The topological polar surface area (TPSA) is 53.0 Å². The normalized spacial score (nSPS) is 17.4. The number of phenols is 1. The van der Waals surface area contributed by atoms with Crippen molar-refractivity contribution in [2.45, 2.75) is 6.54 Å². The standard InChI is InChI=1S/C28H25FN2O3/c29-23-10-4-5-11-24(23)31-17-15-30(16-18-31)19-22-25(32)14-13-21-27(33)26(34-28(21)22)12-6-9-20-7-2-1-3-8-20/h1-14,32H,15-19H2/b9-6+,26-12-. The summed E-state index contributed by atoms with van der Waals surface area (Å²) in [5, 5.41) is 10.6. The van der Waals surface area contributed by atoms with Crippen LogP contribution in [0.25, 0.3) is 6.08 Å². The van der Waals surface area contributed by atoms with E-state index < -0.39 is 0 Å². The smallest absolute Gasteiger partial charge is 0.231 e. The summed E-state index contributed by atoms with van der Waals surface area (Å²) in [4.78, 5) is 17.1. The molecule has 0 spiro atoms. The number of carbonyl (C=O) groups is 1. The van der Waals surface area contributed by atoms with Crippen molar-refractivity contribution in [1.82, 2.24) is 4.90 Å². The Morgan fingerprint density at radius 1 is 0.941 bits per heavy atom. The van der Waals surface area contributed by atoms with Crippen molar-refractivity contribution in [3.63, 3.8) is 0 Å². The Labute approximate surface area is 198 Å². The Hall–Kier alpha value is -3.90. The van der Waals surface area contributed by atoms with E-state index in [-0.39, 0.29) is 23.1 Å². The van der Waals surface area contributed by atoms with Crippen molar-refractivity contribution in [2.24, 2.45) is 0 Å². The zero-order valence-electron chi connectivity index (χ0n) is 18.7. The number of hydrogen-bond donors (Lipinski definition) is 1. The number of ether oxygens (including phenoxy) is 1. The van der Waals surface area contributed by atoms with Gasteiger partial charge in [-0.05, 0) is 35.9 Å². The first kappa shape index (κ1) is 21.9. The number of carbonyl (C=O) groups excluding carboxylic acids is 1. The molecule has 6 heteroatoms. The lowest BCUT2D eigenvalue weighted by molar-refractivity contribution is 0.101. The van der Waals surface area contributed by atoms with E-state index in [9.17, 15) is 14.3 Å². The maximum Gasteiger partial charge on any atom is 0.231 e. The predicted octanol–water partition coefficient (Wildman–Crippen LogP) is 5.03. The number of allylic oxidation sites excluding steroid dienone is 3. The molecular formula is C28H25FN2O3. The molecule has 0 radical (unpaired) electrons. The first-order chi connectivity index (χ1) is 16.6. The van der Waals surface area contributed by atoms with E-state index >= 15 is 0 Å². The number of Topliss-reactive ketones (excluding diaryl/α,β-unsaturated/α-hetero) is 1. The Kier molecular flexibility index (Phi) is 6.14. The van der Waals surface area contributed by atoms with E-state index in [1.54, 1.807) is 36.4 Å². The van der Waals surface area contributed by atoms with Gasteiger partial charge in [0.05, 0.1) is 16.8 Å². The van der Waals surface area contributed by atoms with Gasteiger partial charge in [0.25, 0.3) is 0 Å². The fourth-order valence-electron chi connectivity index (χ4n) is 4.35. The Morgan fingerprint density at radius 3 is 2.44 bits per heavy atom. The second-order valence-corrected chi connectivity index (χ2v) is 8.39. The molecule has 1 N–H and O–H groups in total. The average molecular weight is 457 g/mol. The van der Waals surface area contributed by atoms with Crippen molar-refractivity contribution in [3.05, 3.63) is 107 Å². The summed E-state index contributed by atoms with van der Waals surface area (Å²) in [6, 6.07) is 19.7. The molecule has 2 aliphatic rings. The number of rotatable bonds is 5. The first-order valence-electron chi connectivity index (χ1n) is 11.3. The molecule has 0 aromatic heterocycles. The highest BCUT2D eigenvalue weighted by molar-refractivity contribution is 6.12. The number of benzene rings is 3. The molecule has 0 saturated carbocycles. The Bertz CT molecular complexity index is 1260. The molecule has 34 heavy (non-hydrogen) atoms. The van der Waals surface area contributed by atoms with Crippen molar-refractivity contribution >= 4 is 17.5 Å². The average Bonchev–Trinajstić information content (AvgIpc) is 3.18. The number of hydrogen-bond acceptors (Lipinski definition) is 5. The van der Waals surface area contributed by atoms with Crippen LogP contribution in [-0.2, 0) is 6.54 Å². The quantitative estimate of drug-likeness (QED) is 0.546. The molecular weight excluding hydrogens is 431 g/mol. The second-order valence-electron chi connectivity index (χ2n) is 8.39. The first-order valence-corrected chi connectivity index (χ1v) is 11.3. The fraction of sp³-hybridized carbons (Fsp3) is 0.179. The van der Waals surface area contributed by atoms with Crippen molar-refractivity contribution in [2.75, 3.05) is 31.1 Å². The van der Waals surface area contributed by atoms with E-state index in [1.165, 1.54) is 6.07 Å². The molecule has 172 valence electrons. The number of phenolic OH excluding ortho intramolecular Hbond substituents is 1. The van der Waals surface area contributed by atoms with Crippen LogP contribution in [0.5, 0.6) is 11.5 Å². The van der Waals surface area contributed by atoms with Crippen LogP contribution in [0.4, 0.5) is 10.1 Å². The lowest BCUT2D eigenvalue weighted by Crippen LogP contribution is -2.46. The summed E-state index contributed by atoms with van der Waals surface area (Å²) in [7, 11) is 0. The zero-order chi connectivity index (χ0) is 23.5. The van der Waals surface area contributed by atoms with Crippen LogP contribution in [0.3, 0.4) is 0 Å². The monoisotopic (exact) mass is 456 g/mol. The minimum atomic E-state index is -0.220. The third-order valence-corrected chi connectivity index (χ3v) is 6.20. The number of para-hydroxylation sites is 1. The zero-order valence-corrected chi connectivity index (χ0v) is 18.7. The number of aromatic hydroxyl groups is 1. The lowest BCUT2D eigenvalue weighted by atomic mass is 10.0. The van der Waals surface area contributed by atoms with Crippen molar-refractivity contribution in [3.8, 4) is 11.5 Å². The van der Waals surface area contributed by atoms with Crippen LogP contribution in [-0.4, -0.2) is 42.0 Å². The van der Waals surface area contributed by atoms with Gasteiger partial charge >= 0.3 is 0 Å². The number of piperazine rings is 1. The van der Waals surface area contributed by atoms with Gasteiger partial charge < -0.3 is 14.7 Å². The van der Waals surface area contributed by atoms with E-state index in [4.69, 9.17) is 4.74 Å². The van der Waals surface area contributed by atoms with Gasteiger partial charge in [-0.15, -0.1) is 0 Å². The highest BCUT2D eigenvalue weighted by Gasteiger charge is 2.32. The van der Waals surface area contributed by atoms with Crippen LogP contribution in [0.15, 0.2) is 84.6 Å². The summed E-state index contributed by atoms with van der Waals surface area (Å²) in [5.41, 5.74) is 2.69. The van der Waals surface area contributed by atoms with Gasteiger partial charge in [0.1, 0.15) is 17.3 Å². The number of anilines is 1. The fourth-order valence-corrected chi connectivity index (χ4v) is 4.35. The molecule has 1 saturated heterocycles. The Balaban J connectivity index is 1.29. The third kappa shape index (κ3) is 4.45. The molecule has 5 nitrogen and oxygen atoms in total. The van der Waals surface area contributed by atoms with Crippen molar-refractivity contribution < 1.29 is 19.0 Å². The van der Waals surface area contributed by atoms with Crippen LogP contribution in [0, 0.1) is 5.82 Å². The summed E-state index contributed by atoms with van der Waals surface area (Å²) in [6.45, 7) is 3.19. The predicted molar refractivity (Wildman–Crippen MR) is 131 cm³/mol. The van der Waals surface area contributed by atoms with Gasteiger partial charge in [-0.1, -0.05) is 54.6 Å². The molecule has 3 aromatic carbocycles. The molecule has 0 atom stereocenters. The maximum absolute atomic E-state index is 14.1. The highest BCUT2D eigenvalue weighted by Crippen LogP contribution is 2.40. The molecule has 0 unspecified atom stereocenters. The van der Waals surface area contributed by atoms with Crippen molar-refractivity contribution in [1.29, 1.82) is 0 Å². The van der Waals surface area contributed by atoms with Crippen LogP contribution >= 0.6 is 0 Å². The van der Waals surface area contributed by atoms with Gasteiger partial charge in [0, 0.05) is 32.7 Å². The largest absolute Gasteiger partial charge is 0.507 e. The molecule has 0 bridgehead atoms. The Morgan fingerprint density at radius 2 is 1.68 bits per heavy atom. The molecule has 0 aliphatic carbocycles. The molecule has 1 fully saturated rings. The molecule has 3 aromatic rings. The van der Waals surface area contributed by atoms with Gasteiger partial charge in [-0.2, -0.15) is 0 Å². The van der Waals surface area contributed by atoms with Gasteiger partial charge in [-0.25, -0.2) is 4.39 Å². The SMILES string of the molecule is O=C1/C(=C/C=C/c2ccccc2)Oc2c1ccc(O)c2CN1CCN(c2ccccc2F)CC1. The van der Waals surface area contributed by atoms with Gasteiger partial charge in [0.15, 0.2) is 5.76 Å². The van der Waals surface area contributed by atoms with E-state index in [1.807, 2.05) is 47.4 Å². The third-order valence-electron chi connectivity index (χ3n) is 6.20. The van der Waals surface area contributed by atoms with Gasteiger partial charge in [-0.3, -0.25) is 9.69 Å². The summed E-state index contributed by atoms with van der Waals surface area (Å²) < 4.78 is 20.1. The number of fused-ring (bicyclic) bond motifs is 1. The summed E-state index contributed by atoms with van der Waals surface area (Å²) in [5.74, 6) is 0.337. The van der Waals surface area contributed by atoms with Crippen LogP contribution < -0.4 is 9.64 Å². The number of ketones is 1. The number of nitrogens with zero attached hydrogens (tertiary/aromatic N) is 2. The molecule has 0 amide bonds. The maximum atomic E-state index is 14.1. The van der Waals surface area contributed by atoms with E-state index in [0.717, 1.165) is 5.56 Å². The van der Waals surface area contributed by atoms with Crippen LogP contribution in [0.2, 0.25) is 0 Å². The highest BCUT2D eigenvalue weighted by atomic mass is 19.1. The van der Waals surface area contributed by atoms with Gasteiger partial charge in [0.2, 0.25) is 5.78 Å². The van der Waals surface area contributed by atoms with E-state index in [2.05, 4.69) is 4.90 Å². The molecule has 5 rings (SSSR count). The lowest BCUT2D eigenvalue weighted by Gasteiger charge is -2.36. The number of halogens is 1. The summed E-state index contributed by atoms with van der Waals surface area (Å²) >= 11 is 0. The van der Waals surface area contributed by atoms with Crippen LogP contribution in [0.1, 0.15) is 21.5 Å². The van der Waals surface area contributed by atoms with E-state index in [0.29, 0.717) is 55.3 Å². The summed E-state index contributed by atoms with van der Waals surface area (Å²) in [6.07, 6.45) is 5.35. The second kappa shape index (κ2) is 9.53.